The molecule has 1 aromatic carbocycles. The molecular weight excluding hydrogens is 395 g/mol. The van der Waals surface area contributed by atoms with Gasteiger partial charge in [0.15, 0.2) is 5.69 Å². The van der Waals surface area contributed by atoms with Gasteiger partial charge in [-0.15, -0.1) is 0 Å². The Hall–Kier alpha value is -4.38. The minimum absolute atomic E-state index is 0.0570. The first-order valence-electron chi connectivity index (χ1n) is 9.43. The number of pyridine rings is 2. The van der Waals surface area contributed by atoms with E-state index in [0.717, 1.165) is 11.1 Å². The van der Waals surface area contributed by atoms with Gasteiger partial charge in [0.1, 0.15) is 11.5 Å². The number of carbonyl (C=O) groups is 1. The van der Waals surface area contributed by atoms with Crippen molar-refractivity contribution in [2.45, 2.75) is 13.5 Å². The Morgan fingerprint density at radius 2 is 2.06 bits per heavy atom. The molecule has 1 N–H and O–H groups in total. The zero-order valence-electron chi connectivity index (χ0n) is 16.6. The highest BCUT2D eigenvalue weighted by atomic mass is 19.1. The number of carbonyl (C=O) groups excluding carboxylic acids is 1. The molecule has 0 atom stereocenters. The third-order valence-corrected chi connectivity index (χ3v) is 4.68. The third kappa shape index (κ3) is 4.31. The maximum Gasteiger partial charge on any atom is 0.270 e. The molecule has 0 saturated carbocycles. The number of nitrogens with one attached hydrogen (secondary N) is 1. The number of nitrogens with zero attached hydrogens (tertiary/aromatic N) is 5. The van der Waals surface area contributed by atoms with E-state index >= 15 is 0 Å². The largest absolute Gasteiger partial charge is 0.345 e. The number of hydrogen-bond acceptors (Lipinski definition) is 4. The summed E-state index contributed by atoms with van der Waals surface area (Å²) in [4.78, 5) is 23.6. The van der Waals surface area contributed by atoms with E-state index in [-0.39, 0.29) is 17.9 Å². The van der Waals surface area contributed by atoms with E-state index in [1.54, 1.807) is 30.5 Å². The van der Waals surface area contributed by atoms with Crippen molar-refractivity contribution < 1.29 is 9.18 Å². The lowest BCUT2D eigenvalue weighted by Gasteiger charge is -2.07. The number of amides is 1. The molecule has 0 fully saturated rings. The van der Waals surface area contributed by atoms with Crippen LogP contribution in [0.3, 0.4) is 0 Å². The monoisotopic (exact) mass is 412 g/mol. The SMILES string of the molecule is [C-]#[N+]c1ccc(-c2ccn(-c3cnc(CNC(=O)c4ccccn4)c(F)c3)n2)cc1C. The number of halogens is 1. The van der Waals surface area contributed by atoms with Gasteiger partial charge in [0.2, 0.25) is 0 Å². The van der Waals surface area contributed by atoms with Crippen LogP contribution in [-0.2, 0) is 6.54 Å². The molecule has 152 valence electrons. The van der Waals surface area contributed by atoms with Gasteiger partial charge in [-0.25, -0.2) is 13.9 Å². The molecule has 0 saturated heterocycles. The summed E-state index contributed by atoms with van der Waals surface area (Å²) in [5, 5.41) is 7.09. The Labute approximate surface area is 178 Å². The molecule has 0 unspecified atom stereocenters. The first-order valence-corrected chi connectivity index (χ1v) is 9.43. The Kier molecular flexibility index (Phi) is 5.49. The van der Waals surface area contributed by atoms with Gasteiger partial charge < -0.3 is 5.32 Å². The summed E-state index contributed by atoms with van der Waals surface area (Å²) in [5.74, 6) is -0.949. The maximum absolute atomic E-state index is 14.6. The van der Waals surface area contributed by atoms with E-state index in [1.165, 1.54) is 23.1 Å². The van der Waals surface area contributed by atoms with E-state index in [0.29, 0.717) is 17.1 Å². The van der Waals surface area contributed by atoms with Gasteiger partial charge in [-0.2, -0.15) is 5.10 Å². The van der Waals surface area contributed by atoms with Crippen LogP contribution in [0, 0.1) is 19.3 Å². The highest BCUT2D eigenvalue weighted by Crippen LogP contribution is 2.26. The van der Waals surface area contributed by atoms with Crippen molar-refractivity contribution in [2.75, 3.05) is 0 Å². The van der Waals surface area contributed by atoms with Crippen LogP contribution in [0.4, 0.5) is 10.1 Å². The first-order chi connectivity index (χ1) is 15.0. The summed E-state index contributed by atoms with van der Waals surface area (Å²) in [6.07, 6.45) is 4.73. The van der Waals surface area contributed by atoms with E-state index in [2.05, 4.69) is 25.2 Å². The molecule has 0 radical (unpaired) electrons. The highest BCUT2D eigenvalue weighted by molar-refractivity contribution is 5.92. The molecule has 0 aliphatic carbocycles. The van der Waals surface area contributed by atoms with Crippen molar-refractivity contribution in [3.05, 3.63) is 101 Å². The molecule has 4 rings (SSSR count). The fourth-order valence-corrected chi connectivity index (χ4v) is 3.03. The molecule has 31 heavy (non-hydrogen) atoms. The Morgan fingerprint density at radius 1 is 1.19 bits per heavy atom. The quantitative estimate of drug-likeness (QED) is 0.497. The first kappa shape index (κ1) is 19.9. The number of aromatic nitrogens is 4. The summed E-state index contributed by atoms with van der Waals surface area (Å²) >= 11 is 0. The summed E-state index contributed by atoms with van der Waals surface area (Å²) in [6.45, 7) is 8.96. The molecule has 0 spiro atoms. The Morgan fingerprint density at radius 3 is 2.77 bits per heavy atom. The van der Waals surface area contributed by atoms with Gasteiger partial charge >= 0.3 is 0 Å². The molecule has 3 heterocycles. The van der Waals surface area contributed by atoms with Crippen LogP contribution in [0.25, 0.3) is 21.8 Å². The van der Waals surface area contributed by atoms with Crippen LogP contribution >= 0.6 is 0 Å². The van der Waals surface area contributed by atoms with Gasteiger partial charge in [0.05, 0.1) is 36.4 Å². The number of benzene rings is 1. The summed E-state index contributed by atoms with van der Waals surface area (Å²) in [5.41, 5.74) is 3.86. The third-order valence-electron chi connectivity index (χ3n) is 4.68. The van der Waals surface area contributed by atoms with Crippen molar-refractivity contribution in [1.29, 1.82) is 0 Å². The Bertz CT molecular complexity index is 1290. The molecule has 3 aromatic heterocycles. The predicted octanol–water partition coefficient (Wildman–Crippen LogP) is 4.26. The summed E-state index contributed by atoms with van der Waals surface area (Å²) in [6, 6.07) is 13.6. The van der Waals surface area contributed by atoms with Crippen LogP contribution in [0.5, 0.6) is 0 Å². The van der Waals surface area contributed by atoms with Crippen molar-refractivity contribution in [3.8, 4) is 16.9 Å². The van der Waals surface area contributed by atoms with Gasteiger partial charge in [-0.1, -0.05) is 24.3 Å². The van der Waals surface area contributed by atoms with Crippen LogP contribution < -0.4 is 5.32 Å². The molecule has 0 aliphatic rings. The topological polar surface area (TPSA) is 77.1 Å². The second-order valence-electron chi connectivity index (χ2n) is 6.78. The zero-order chi connectivity index (χ0) is 21.8. The lowest BCUT2D eigenvalue weighted by molar-refractivity contribution is 0.0945. The number of aryl methyl sites for hydroxylation is 1. The molecule has 0 aliphatic heterocycles. The molecule has 1 amide bonds. The smallest absolute Gasteiger partial charge is 0.270 e. The lowest BCUT2D eigenvalue weighted by atomic mass is 10.1. The van der Waals surface area contributed by atoms with Gasteiger partial charge in [-0.05, 0) is 36.2 Å². The molecule has 7 nitrogen and oxygen atoms in total. The fraction of sp³-hybridized carbons (Fsp3) is 0.0870. The predicted molar refractivity (Wildman–Crippen MR) is 113 cm³/mol. The van der Waals surface area contributed by atoms with Crippen molar-refractivity contribution in [1.82, 2.24) is 25.1 Å². The van der Waals surface area contributed by atoms with Crippen LogP contribution in [-0.4, -0.2) is 25.7 Å². The fourth-order valence-electron chi connectivity index (χ4n) is 3.03. The lowest BCUT2D eigenvalue weighted by Crippen LogP contribution is -2.24. The van der Waals surface area contributed by atoms with E-state index < -0.39 is 11.7 Å². The normalized spacial score (nSPS) is 10.5. The minimum atomic E-state index is -0.548. The van der Waals surface area contributed by atoms with Gasteiger partial charge in [0.25, 0.3) is 5.91 Å². The highest BCUT2D eigenvalue weighted by Gasteiger charge is 2.12. The average Bonchev–Trinajstić information content (AvgIpc) is 3.29. The summed E-state index contributed by atoms with van der Waals surface area (Å²) in [7, 11) is 0. The van der Waals surface area contributed by atoms with Crippen molar-refractivity contribution in [3.63, 3.8) is 0 Å². The van der Waals surface area contributed by atoms with Crippen molar-refractivity contribution in [2.24, 2.45) is 0 Å². The molecular formula is C23H17FN6O. The Balaban J connectivity index is 1.49. The molecule has 8 heteroatoms. The molecule has 4 aromatic rings. The van der Waals surface area contributed by atoms with Gasteiger partial charge in [0, 0.05) is 18.5 Å². The standard InChI is InChI=1S/C23H17FN6O/c1-15-11-16(6-7-19(15)25-2)20-8-10-30(29-20)17-12-18(24)22(27-13-17)14-28-23(31)21-5-3-4-9-26-21/h3-13H,14H2,1H3,(H,28,31). The zero-order valence-corrected chi connectivity index (χ0v) is 16.6. The number of rotatable bonds is 5. The van der Waals surface area contributed by atoms with Crippen molar-refractivity contribution >= 4 is 11.6 Å². The second-order valence-corrected chi connectivity index (χ2v) is 6.78. The van der Waals surface area contributed by atoms with Gasteiger partial charge in [-0.3, -0.25) is 14.8 Å². The maximum atomic E-state index is 14.6. The van der Waals surface area contributed by atoms with Crippen LogP contribution in [0.1, 0.15) is 21.7 Å². The average molecular weight is 412 g/mol. The van der Waals surface area contributed by atoms with E-state index in [1.807, 2.05) is 25.1 Å². The van der Waals surface area contributed by atoms with E-state index in [4.69, 9.17) is 6.57 Å². The second kappa shape index (κ2) is 8.55. The minimum Gasteiger partial charge on any atom is -0.345 e. The number of hydrogen-bond donors (Lipinski definition) is 1. The van der Waals surface area contributed by atoms with E-state index in [9.17, 15) is 9.18 Å². The van der Waals surface area contributed by atoms with Crippen LogP contribution in [0.15, 0.2) is 67.1 Å². The summed E-state index contributed by atoms with van der Waals surface area (Å²) < 4.78 is 16.1. The van der Waals surface area contributed by atoms with Crippen LogP contribution in [0.2, 0.25) is 0 Å². The molecule has 0 bridgehead atoms.